The predicted molar refractivity (Wildman–Crippen MR) is 88.0 cm³/mol. The number of nitrogens with one attached hydrogen (secondary N) is 1. The lowest BCUT2D eigenvalue weighted by Gasteiger charge is -2.24. The molecule has 21 heavy (non-hydrogen) atoms. The molecule has 1 fully saturated rings. The minimum absolute atomic E-state index is 0.717. The van der Waals surface area contributed by atoms with E-state index in [-0.39, 0.29) is 0 Å². The van der Waals surface area contributed by atoms with Gasteiger partial charge in [0.25, 0.3) is 0 Å². The molecule has 1 aliphatic rings. The van der Waals surface area contributed by atoms with Gasteiger partial charge >= 0.3 is 0 Å². The Morgan fingerprint density at radius 1 is 1.14 bits per heavy atom. The number of rotatable bonds is 6. The van der Waals surface area contributed by atoms with E-state index in [1.54, 1.807) is 0 Å². The Bertz CT molecular complexity index is 605. The third-order valence-electron chi connectivity index (χ3n) is 3.94. The van der Waals surface area contributed by atoms with E-state index in [4.69, 9.17) is 4.98 Å². The van der Waals surface area contributed by atoms with Gasteiger partial charge in [-0.3, -0.25) is 0 Å². The minimum atomic E-state index is 0.717. The van der Waals surface area contributed by atoms with Crippen molar-refractivity contribution in [3.05, 3.63) is 53.7 Å². The fourth-order valence-corrected chi connectivity index (χ4v) is 2.57. The van der Waals surface area contributed by atoms with Gasteiger partial charge in [-0.1, -0.05) is 24.3 Å². The van der Waals surface area contributed by atoms with Gasteiger partial charge in [-0.2, -0.15) is 0 Å². The number of aromatic nitrogens is 1. The minimum Gasteiger partial charge on any atom is -0.326 e. The van der Waals surface area contributed by atoms with E-state index < -0.39 is 0 Å². The number of hydrogen-bond donors (Lipinski definition) is 1. The molecule has 0 aliphatic heterocycles. The number of pyridine rings is 1. The Hall–Kier alpha value is -1.87. The van der Waals surface area contributed by atoms with Crippen LogP contribution in [0.3, 0.4) is 0 Å². The molecule has 0 unspecified atom stereocenters. The summed E-state index contributed by atoms with van der Waals surface area (Å²) in [6.07, 6.45) is 2.62. The number of para-hydroxylation sites is 1. The van der Waals surface area contributed by atoms with E-state index in [1.165, 1.54) is 24.1 Å². The van der Waals surface area contributed by atoms with Crippen molar-refractivity contribution >= 4 is 11.5 Å². The first-order chi connectivity index (χ1) is 10.3. The maximum atomic E-state index is 4.82. The fraction of sp³-hybridized carbons (Fsp3) is 0.389. The summed E-state index contributed by atoms with van der Waals surface area (Å²) in [5, 5.41) is 3.53. The molecule has 110 valence electrons. The topological polar surface area (TPSA) is 28.2 Å². The zero-order valence-electron chi connectivity index (χ0n) is 12.8. The van der Waals surface area contributed by atoms with E-state index in [0.29, 0.717) is 6.04 Å². The Kier molecular flexibility index (Phi) is 4.20. The first kappa shape index (κ1) is 14.1. The molecule has 0 saturated heterocycles. The monoisotopic (exact) mass is 281 g/mol. The SMILES string of the molecule is CCN(c1cccc(CNC2CC2)n1)c1ccccc1C. The van der Waals surface area contributed by atoms with Crippen LogP contribution >= 0.6 is 0 Å². The van der Waals surface area contributed by atoms with E-state index >= 15 is 0 Å². The Balaban J connectivity index is 1.82. The van der Waals surface area contributed by atoms with Crippen LogP contribution in [0.25, 0.3) is 0 Å². The average molecular weight is 281 g/mol. The third-order valence-corrected chi connectivity index (χ3v) is 3.94. The quantitative estimate of drug-likeness (QED) is 0.873. The summed E-state index contributed by atoms with van der Waals surface area (Å²) in [4.78, 5) is 7.10. The molecule has 0 bridgehead atoms. The first-order valence-corrected chi connectivity index (χ1v) is 7.80. The number of hydrogen-bond acceptors (Lipinski definition) is 3. The Morgan fingerprint density at radius 2 is 1.95 bits per heavy atom. The summed E-state index contributed by atoms with van der Waals surface area (Å²) < 4.78 is 0. The fourth-order valence-electron chi connectivity index (χ4n) is 2.57. The van der Waals surface area contributed by atoms with Crippen LogP contribution in [0.5, 0.6) is 0 Å². The highest BCUT2D eigenvalue weighted by Crippen LogP contribution is 2.26. The molecule has 3 nitrogen and oxygen atoms in total. The summed E-state index contributed by atoms with van der Waals surface area (Å²) >= 11 is 0. The van der Waals surface area contributed by atoms with Gasteiger partial charge in [-0.15, -0.1) is 0 Å². The van der Waals surface area contributed by atoms with Crippen molar-refractivity contribution in [3.63, 3.8) is 0 Å². The molecule has 1 saturated carbocycles. The second-order valence-electron chi connectivity index (χ2n) is 5.67. The lowest BCUT2D eigenvalue weighted by atomic mass is 10.2. The van der Waals surface area contributed by atoms with Gasteiger partial charge in [-0.25, -0.2) is 4.98 Å². The maximum absolute atomic E-state index is 4.82. The van der Waals surface area contributed by atoms with Gasteiger partial charge in [0.05, 0.1) is 5.69 Å². The molecular formula is C18H23N3. The number of nitrogens with zero attached hydrogens (tertiary/aromatic N) is 2. The van der Waals surface area contributed by atoms with Crippen molar-refractivity contribution in [3.8, 4) is 0 Å². The summed E-state index contributed by atoms with van der Waals surface area (Å²) in [7, 11) is 0. The van der Waals surface area contributed by atoms with E-state index in [9.17, 15) is 0 Å². The smallest absolute Gasteiger partial charge is 0.133 e. The molecule has 0 atom stereocenters. The van der Waals surface area contributed by atoms with Crippen LogP contribution in [0, 0.1) is 6.92 Å². The van der Waals surface area contributed by atoms with Crippen LogP contribution in [0.1, 0.15) is 31.0 Å². The molecule has 0 radical (unpaired) electrons. The summed E-state index contributed by atoms with van der Waals surface area (Å²) in [5.74, 6) is 1.03. The first-order valence-electron chi connectivity index (χ1n) is 7.80. The molecule has 1 aromatic carbocycles. The van der Waals surface area contributed by atoms with E-state index in [1.807, 2.05) is 0 Å². The highest BCUT2D eigenvalue weighted by atomic mass is 15.2. The zero-order valence-corrected chi connectivity index (χ0v) is 12.8. The second kappa shape index (κ2) is 6.27. The molecule has 2 aromatic rings. The molecule has 1 aliphatic carbocycles. The highest BCUT2D eigenvalue weighted by Gasteiger charge is 2.20. The molecule has 3 rings (SSSR count). The average Bonchev–Trinajstić information content (AvgIpc) is 3.33. The van der Waals surface area contributed by atoms with Crippen molar-refractivity contribution in [2.45, 2.75) is 39.3 Å². The van der Waals surface area contributed by atoms with Crippen molar-refractivity contribution in [1.29, 1.82) is 0 Å². The van der Waals surface area contributed by atoms with Crippen LogP contribution < -0.4 is 10.2 Å². The van der Waals surface area contributed by atoms with Crippen LogP contribution in [0.2, 0.25) is 0 Å². The lowest BCUT2D eigenvalue weighted by Crippen LogP contribution is -2.20. The van der Waals surface area contributed by atoms with Gasteiger partial charge in [0, 0.05) is 24.8 Å². The predicted octanol–water partition coefficient (Wildman–Crippen LogP) is 3.80. The van der Waals surface area contributed by atoms with Gasteiger partial charge in [-0.05, 0) is 50.5 Å². The van der Waals surface area contributed by atoms with Crippen LogP contribution in [-0.2, 0) is 6.54 Å². The molecule has 1 N–H and O–H groups in total. The number of aryl methyl sites for hydroxylation is 1. The largest absolute Gasteiger partial charge is 0.326 e. The second-order valence-corrected chi connectivity index (χ2v) is 5.67. The maximum Gasteiger partial charge on any atom is 0.133 e. The van der Waals surface area contributed by atoms with Crippen molar-refractivity contribution in [2.24, 2.45) is 0 Å². The van der Waals surface area contributed by atoms with Crippen LogP contribution in [-0.4, -0.2) is 17.6 Å². The normalized spacial score (nSPS) is 14.2. The molecule has 3 heteroatoms. The molecule has 0 spiro atoms. The third kappa shape index (κ3) is 3.42. The number of anilines is 2. The van der Waals surface area contributed by atoms with Gasteiger partial charge < -0.3 is 10.2 Å². The van der Waals surface area contributed by atoms with Crippen LogP contribution in [0.15, 0.2) is 42.5 Å². The summed E-state index contributed by atoms with van der Waals surface area (Å²) in [5.41, 5.74) is 3.63. The summed E-state index contributed by atoms with van der Waals surface area (Å²) in [6, 6.07) is 15.5. The standard InChI is InChI=1S/C18H23N3/c1-3-21(17-9-5-4-7-14(17)2)18-10-6-8-16(20-18)13-19-15-11-12-15/h4-10,15,19H,3,11-13H2,1-2H3. The molecule has 1 heterocycles. The van der Waals surface area contributed by atoms with E-state index in [0.717, 1.165) is 24.6 Å². The van der Waals surface area contributed by atoms with Crippen molar-refractivity contribution in [1.82, 2.24) is 10.3 Å². The molecule has 1 aromatic heterocycles. The molecular weight excluding hydrogens is 258 g/mol. The van der Waals surface area contributed by atoms with Crippen molar-refractivity contribution < 1.29 is 0 Å². The van der Waals surface area contributed by atoms with E-state index in [2.05, 4.69) is 66.5 Å². The molecule has 0 amide bonds. The Labute approximate surface area is 127 Å². The van der Waals surface area contributed by atoms with Gasteiger partial charge in [0.15, 0.2) is 0 Å². The van der Waals surface area contributed by atoms with Gasteiger partial charge in [0.1, 0.15) is 5.82 Å². The Morgan fingerprint density at radius 3 is 2.67 bits per heavy atom. The highest BCUT2D eigenvalue weighted by molar-refractivity contribution is 5.63. The number of benzene rings is 1. The van der Waals surface area contributed by atoms with Gasteiger partial charge in [0.2, 0.25) is 0 Å². The van der Waals surface area contributed by atoms with Crippen molar-refractivity contribution in [2.75, 3.05) is 11.4 Å². The summed E-state index contributed by atoms with van der Waals surface area (Å²) in [6.45, 7) is 6.10. The lowest BCUT2D eigenvalue weighted by molar-refractivity contribution is 0.674. The zero-order chi connectivity index (χ0) is 14.7. The van der Waals surface area contributed by atoms with Crippen LogP contribution in [0.4, 0.5) is 11.5 Å².